The van der Waals surface area contributed by atoms with E-state index in [0.29, 0.717) is 109 Å². The van der Waals surface area contributed by atoms with E-state index in [1.165, 1.54) is 51.4 Å². The number of nitrogens with zero attached hydrogens (tertiary/aromatic N) is 10. The van der Waals surface area contributed by atoms with Crippen LogP contribution in [0.15, 0.2) is 111 Å². The maximum absolute atomic E-state index is 13.6. The standard InChI is InChI=1S/C31H42N4O2.C30H40N6O2.2C27H39ClN4O2/c1-7-35(26-14-12-25(13-15-26)34(5)6)29-18-24(11-10-23-8-9-23)17-27(22(29)4)30(36)32-19-28-20(2)16-21(3)33-31(28)37;1-7-36(24-10-8-23(9-11-24)35(5)6)28-16-22(27-18-31-12-13-32-27)15-25(21(28)4)29(37)33-17-26-19(2)14-20(3)34-30(26)38;2*1-7-22-23(26(33)29-16-24-17(3)13-18(4)30-27(24)34)14-19(28)15-25(22)32(8-2)21-11-9-20(10-12-21)31(5)6/h16-18,23,25-26H,7-9,12-15,19H2,1-6H3,(H,32,36)(H,33,37);12-16,18,23-24H,7-11,17H2,1-6H3,(H,33,37)(H,34,38);2*13-15,20-21H,7-12,16H2,1-6H3,(H,29,33)(H,30,34). The second-order valence-electron chi connectivity index (χ2n) is 40.9. The Morgan fingerprint density at radius 1 is 0.343 bits per heavy atom. The monoisotopic (exact) mass is 1990 g/mol. The number of pyridine rings is 4. The van der Waals surface area contributed by atoms with Gasteiger partial charge in [0, 0.05) is 230 Å². The molecule has 9 aromatic rings. The van der Waals surface area contributed by atoms with Gasteiger partial charge in [-0.25, -0.2) is 0 Å². The minimum atomic E-state index is -0.207. The third-order valence-corrected chi connectivity index (χ3v) is 30.7. The smallest absolute Gasteiger partial charge is 0.253 e. The number of hydrogen-bond donors (Lipinski definition) is 8. The van der Waals surface area contributed by atoms with Crippen LogP contribution in [0.1, 0.15) is 294 Å². The normalized spacial score (nSPS) is 18.3. The van der Waals surface area contributed by atoms with Gasteiger partial charge in [-0.15, -0.1) is 0 Å². The van der Waals surface area contributed by atoms with Gasteiger partial charge < -0.3 is 80.4 Å². The number of anilines is 4. The van der Waals surface area contributed by atoms with Gasteiger partial charge in [-0.1, -0.05) is 48.9 Å². The molecule has 0 saturated heterocycles. The minimum Gasteiger partial charge on any atom is -0.369 e. The van der Waals surface area contributed by atoms with Crippen molar-refractivity contribution in [1.82, 2.24) is 70.8 Å². The molecule has 0 bridgehead atoms. The number of rotatable bonds is 31. The summed E-state index contributed by atoms with van der Waals surface area (Å²) in [5, 5.41) is 13.0. The predicted molar refractivity (Wildman–Crippen MR) is 586 cm³/mol. The van der Waals surface area contributed by atoms with E-state index in [-0.39, 0.29) is 72.0 Å². The van der Waals surface area contributed by atoms with Crippen molar-refractivity contribution in [2.24, 2.45) is 5.92 Å². The molecule has 26 nitrogen and oxygen atoms in total. The summed E-state index contributed by atoms with van der Waals surface area (Å²) in [5.41, 5.74) is 21.5. The van der Waals surface area contributed by atoms with Gasteiger partial charge in [-0.3, -0.25) is 48.3 Å². The summed E-state index contributed by atoms with van der Waals surface area (Å²) in [6.07, 6.45) is 27.2. The molecule has 5 saturated carbocycles. The number of nitrogens with one attached hydrogen (secondary N) is 8. The van der Waals surface area contributed by atoms with Crippen LogP contribution in [-0.4, -0.2) is 204 Å². The third kappa shape index (κ3) is 29.2. The molecule has 5 fully saturated rings. The molecule has 0 spiro atoms. The molecular formula is C115H160Cl2N18O8. The highest BCUT2D eigenvalue weighted by Crippen LogP contribution is 2.41. The number of carbonyl (C=O) groups excluding carboxylic acids is 4. The number of aromatic nitrogens is 6. The number of aryl methyl sites for hydroxylation is 8. The van der Waals surface area contributed by atoms with E-state index in [2.05, 4.69) is 212 Å². The molecule has 143 heavy (non-hydrogen) atoms. The first-order chi connectivity index (χ1) is 68.2. The van der Waals surface area contributed by atoms with E-state index < -0.39 is 0 Å². The zero-order chi connectivity index (χ0) is 104. The van der Waals surface area contributed by atoms with E-state index in [9.17, 15) is 38.4 Å². The van der Waals surface area contributed by atoms with Crippen LogP contribution in [0.4, 0.5) is 22.7 Å². The molecule has 14 rings (SSSR count). The van der Waals surface area contributed by atoms with E-state index in [1.54, 1.807) is 30.7 Å². The lowest BCUT2D eigenvalue weighted by atomic mass is 9.88. The largest absolute Gasteiger partial charge is 0.369 e. The molecule has 5 aromatic heterocycles. The average molecular weight is 1990 g/mol. The van der Waals surface area contributed by atoms with Gasteiger partial charge in [-0.2, -0.15) is 0 Å². The third-order valence-electron chi connectivity index (χ3n) is 30.3. The van der Waals surface area contributed by atoms with Gasteiger partial charge >= 0.3 is 0 Å². The Bertz CT molecular complexity index is 6040. The number of hydrogen-bond acceptors (Lipinski definition) is 18. The molecule has 8 N–H and O–H groups in total. The van der Waals surface area contributed by atoms with Crippen molar-refractivity contribution in [3.63, 3.8) is 0 Å². The van der Waals surface area contributed by atoms with Crippen LogP contribution < -0.4 is 63.1 Å². The number of benzene rings is 4. The second kappa shape index (κ2) is 52.0. The zero-order valence-electron chi connectivity index (χ0n) is 89.6. The highest BCUT2D eigenvalue weighted by molar-refractivity contribution is 6.32. The van der Waals surface area contributed by atoms with Crippen LogP contribution >= 0.6 is 23.2 Å². The molecular weight excluding hydrogens is 1830 g/mol. The summed E-state index contributed by atoms with van der Waals surface area (Å²) in [4.78, 5) is 143. The summed E-state index contributed by atoms with van der Waals surface area (Å²) in [6.45, 7) is 36.1. The van der Waals surface area contributed by atoms with Crippen LogP contribution in [0.25, 0.3) is 11.3 Å². The summed E-state index contributed by atoms with van der Waals surface area (Å²) in [7, 11) is 17.3. The van der Waals surface area contributed by atoms with Crippen LogP contribution in [-0.2, 0) is 39.0 Å². The van der Waals surface area contributed by atoms with Crippen molar-refractivity contribution in [2.45, 2.75) is 314 Å². The SMILES string of the molecule is CCN(c1cc(-c2cnccn2)cc(C(=O)NCc2c(C)cc(C)[nH]c2=O)c1C)C1CCC(N(C)C)CC1.CCN(c1cc(C#CC2CC2)cc(C(=O)NCc2c(C)cc(C)[nH]c2=O)c1C)C1CCC(N(C)C)CC1.CCc1c(C(=O)NCc2c(C)cc(C)[nH]c2=O)cc(Cl)cc1N(CC)C1CCC(N(C)C)CC1.CCc1c(C(=O)NCc2c(C)cc(C)[nH]c2=O)cc(Cl)cc1N(CC)C1CCC(N(C)C)CC1. The first kappa shape index (κ1) is 112. The minimum absolute atomic E-state index is 0.148. The van der Waals surface area contributed by atoms with E-state index in [1.807, 2.05) is 118 Å². The topological polar surface area (TPSA) is 300 Å². The molecule has 0 unspecified atom stereocenters. The first-order valence-corrected chi connectivity index (χ1v) is 52.8. The van der Waals surface area contributed by atoms with Crippen LogP contribution in [0.5, 0.6) is 0 Å². The molecule has 28 heteroatoms. The molecule has 772 valence electrons. The molecule has 5 aliphatic rings. The Hall–Kier alpha value is -11.2. The van der Waals surface area contributed by atoms with E-state index in [0.717, 1.165) is 210 Å². The fourth-order valence-corrected chi connectivity index (χ4v) is 22.4. The summed E-state index contributed by atoms with van der Waals surface area (Å²) in [5.74, 6) is 6.43. The maximum atomic E-state index is 13.6. The molecule has 4 aromatic carbocycles. The number of H-pyrrole nitrogens is 4. The second-order valence-corrected chi connectivity index (χ2v) is 41.8. The van der Waals surface area contributed by atoms with Crippen molar-refractivity contribution >= 4 is 69.6 Å². The molecule has 5 aliphatic carbocycles. The summed E-state index contributed by atoms with van der Waals surface area (Å²) < 4.78 is 0. The van der Waals surface area contributed by atoms with Crippen molar-refractivity contribution in [2.75, 3.05) is 102 Å². The molecule has 4 amide bonds. The van der Waals surface area contributed by atoms with Gasteiger partial charge in [0.25, 0.3) is 45.9 Å². The number of halogens is 2. The van der Waals surface area contributed by atoms with Crippen LogP contribution in [0, 0.1) is 87.0 Å². The Labute approximate surface area is 859 Å². The zero-order valence-corrected chi connectivity index (χ0v) is 91.2. The lowest BCUT2D eigenvalue weighted by Gasteiger charge is -2.40. The van der Waals surface area contributed by atoms with Gasteiger partial charge in [0.1, 0.15) is 0 Å². The predicted octanol–water partition coefficient (Wildman–Crippen LogP) is 18.8. The lowest BCUT2D eigenvalue weighted by molar-refractivity contribution is 0.0941. The molecule has 5 heterocycles. The van der Waals surface area contributed by atoms with E-state index in [4.69, 9.17) is 23.2 Å². The molecule has 0 atom stereocenters. The Kier molecular flexibility index (Phi) is 40.8. The summed E-state index contributed by atoms with van der Waals surface area (Å²) in [6, 6.07) is 27.6. The van der Waals surface area contributed by atoms with Crippen LogP contribution in [0.2, 0.25) is 10.0 Å². The Morgan fingerprint density at radius 2 is 0.629 bits per heavy atom. The Balaban J connectivity index is 0.000000182. The van der Waals surface area contributed by atoms with Crippen LogP contribution in [0.3, 0.4) is 0 Å². The number of aromatic amines is 4. The number of amides is 4. The van der Waals surface area contributed by atoms with Gasteiger partial charge in [0.2, 0.25) is 0 Å². The fourth-order valence-electron chi connectivity index (χ4n) is 22.0. The highest BCUT2D eigenvalue weighted by atomic mass is 35.5. The maximum Gasteiger partial charge on any atom is 0.253 e. The van der Waals surface area contributed by atoms with E-state index >= 15 is 0 Å². The quantitative estimate of drug-likeness (QED) is 0.0187. The number of carbonyl (C=O) groups is 4. The average Bonchev–Trinajstić information content (AvgIpc) is 1.52. The van der Waals surface area contributed by atoms with Gasteiger partial charge in [0.05, 0.1) is 11.9 Å². The highest BCUT2D eigenvalue weighted by Gasteiger charge is 2.36. The van der Waals surface area contributed by atoms with Gasteiger partial charge in [0.15, 0.2) is 0 Å². The molecule has 0 radical (unpaired) electrons. The first-order valence-electron chi connectivity index (χ1n) is 52.0. The lowest BCUT2D eigenvalue weighted by Crippen LogP contribution is -2.42. The fraction of sp³-hybridized carbons (Fsp3) is 0.530. The van der Waals surface area contributed by atoms with Crippen molar-refractivity contribution < 1.29 is 19.2 Å². The van der Waals surface area contributed by atoms with Crippen molar-refractivity contribution in [1.29, 1.82) is 0 Å². The van der Waals surface area contributed by atoms with Crippen molar-refractivity contribution in [3.05, 3.63) is 260 Å². The Morgan fingerprint density at radius 3 is 0.902 bits per heavy atom. The molecule has 0 aliphatic heterocycles. The van der Waals surface area contributed by atoms with Gasteiger partial charge in [-0.05, 0) is 399 Å². The summed E-state index contributed by atoms with van der Waals surface area (Å²) >= 11 is 13.1. The van der Waals surface area contributed by atoms with Crippen molar-refractivity contribution in [3.8, 4) is 23.1 Å².